The van der Waals surface area contributed by atoms with Crippen LogP contribution in [0.3, 0.4) is 0 Å². The lowest BCUT2D eigenvalue weighted by molar-refractivity contribution is 0.281. The van der Waals surface area contributed by atoms with Gasteiger partial charge in [-0.2, -0.15) is 0 Å². The van der Waals surface area contributed by atoms with Crippen LogP contribution in [-0.2, 0) is 6.61 Å². The molecule has 3 heteroatoms. The number of thioether (sulfide) groups is 1. The Morgan fingerprint density at radius 3 is 2.79 bits per heavy atom. The van der Waals surface area contributed by atoms with Gasteiger partial charge in [-0.05, 0) is 31.8 Å². The van der Waals surface area contributed by atoms with Gasteiger partial charge in [0, 0.05) is 17.2 Å². The van der Waals surface area contributed by atoms with E-state index in [2.05, 4.69) is 25.1 Å². The molecule has 0 bridgehead atoms. The normalized spacial score (nSPS) is 10.9. The van der Waals surface area contributed by atoms with E-state index in [-0.39, 0.29) is 6.61 Å². The largest absolute Gasteiger partial charge is 0.392 e. The Kier molecular flexibility index (Phi) is 5.01. The van der Waals surface area contributed by atoms with Crippen molar-refractivity contribution in [3.63, 3.8) is 0 Å². The van der Waals surface area contributed by atoms with Crippen LogP contribution >= 0.6 is 11.8 Å². The van der Waals surface area contributed by atoms with Crippen molar-refractivity contribution in [2.75, 3.05) is 26.4 Å². The zero-order chi connectivity index (χ0) is 10.4. The molecule has 0 spiro atoms. The highest BCUT2D eigenvalue weighted by Crippen LogP contribution is 2.18. The quantitative estimate of drug-likeness (QED) is 0.752. The van der Waals surface area contributed by atoms with Crippen molar-refractivity contribution in [1.82, 2.24) is 4.90 Å². The van der Waals surface area contributed by atoms with Gasteiger partial charge >= 0.3 is 0 Å². The van der Waals surface area contributed by atoms with Crippen LogP contribution in [0.2, 0.25) is 0 Å². The molecule has 78 valence electrons. The van der Waals surface area contributed by atoms with Crippen molar-refractivity contribution in [3.05, 3.63) is 29.8 Å². The summed E-state index contributed by atoms with van der Waals surface area (Å²) in [6.45, 7) is 1.20. The molecular weight excluding hydrogens is 194 g/mol. The van der Waals surface area contributed by atoms with Gasteiger partial charge in [0.25, 0.3) is 0 Å². The fraction of sp³-hybridized carbons (Fsp3) is 0.455. The third kappa shape index (κ3) is 4.13. The third-order valence-electron chi connectivity index (χ3n) is 1.89. The average Bonchev–Trinajstić information content (AvgIpc) is 2.18. The molecule has 0 saturated carbocycles. The second-order valence-corrected chi connectivity index (χ2v) is 4.63. The van der Waals surface area contributed by atoms with Gasteiger partial charge in [0.05, 0.1) is 6.61 Å². The molecule has 0 aliphatic rings. The van der Waals surface area contributed by atoms with E-state index in [0.29, 0.717) is 0 Å². The maximum Gasteiger partial charge on any atom is 0.0682 e. The monoisotopic (exact) mass is 211 g/mol. The first-order valence-electron chi connectivity index (χ1n) is 4.69. The molecule has 0 aromatic heterocycles. The molecule has 0 saturated heterocycles. The van der Waals surface area contributed by atoms with Crippen molar-refractivity contribution in [2.45, 2.75) is 11.5 Å². The van der Waals surface area contributed by atoms with Crippen molar-refractivity contribution < 1.29 is 5.11 Å². The van der Waals surface area contributed by atoms with Crippen LogP contribution < -0.4 is 0 Å². The minimum atomic E-state index is 0.127. The lowest BCUT2D eigenvalue weighted by atomic mass is 10.2. The lowest BCUT2D eigenvalue weighted by Crippen LogP contribution is -2.14. The predicted octanol–water partition coefficient (Wildman–Crippen LogP) is 1.83. The number of benzene rings is 1. The van der Waals surface area contributed by atoms with E-state index in [1.807, 2.05) is 30.0 Å². The molecule has 0 aliphatic carbocycles. The topological polar surface area (TPSA) is 23.5 Å². The van der Waals surface area contributed by atoms with Gasteiger partial charge in [0.2, 0.25) is 0 Å². The third-order valence-corrected chi connectivity index (χ3v) is 2.86. The van der Waals surface area contributed by atoms with Gasteiger partial charge in [-0.15, -0.1) is 11.8 Å². The molecule has 1 N–H and O–H groups in total. The Morgan fingerprint density at radius 1 is 1.36 bits per heavy atom. The minimum absolute atomic E-state index is 0.127. The highest BCUT2D eigenvalue weighted by atomic mass is 32.2. The van der Waals surface area contributed by atoms with Gasteiger partial charge < -0.3 is 10.0 Å². The standard InChI is InChI=1S/C11H17NOS/c1-12(2)6-7-14-11-5-3-4-10(8-11)9-13/h3-5,8,13H,6-7,9H2,1-2H3. The summed E-state index contributed by atoms with van der Waals surface area (Å²) in [5.74, 6) is 1.09. The van der Waals surface area contributed by atoms with E-state index >= 15 is 0 Å². The molecular formula is C11H17NOS. The molecule has 0 amide bonds. The smallest absolute Gasteiger partial charge is 0.0682 e. The van der Waals surface area contributed by atoms with Crippen LogP contribution in [0, 0.1) is 0 Å². The van der Waals surface area contributed by atoms with Gasteiger partial charge in [-0.3, -0.25) is 0 Å². The zero-order valence-electron chi connectivity index (χ0n) is 8.73. The summed E-state index contributed by atoms with van der Waals surface area (Å²) in [5, 5.41) is 8.96. The Morgan fingerprint density at radius 2 is 2.14 bits per heavy atom. The average molecular weight is 211 g/mol. The maximum atomic E-state index is 8.96. The second kappa shape index (κ2) is 6.06. The Bertz CT molecular complexity index is 276. The van der Waals surface area contributed by atoms with Gasteiger partial charge in [0.1, 0.15) is 0 Å². The summed E-state index contributed by atoms with van der Waals surface area (Å²) in [6, 6.07) is 8.05. The van der Waals surface area contributed by atoms with E-state index in [0.717, 1.165) is 17.9 Å². The molecule has 0 radical (unpaired) electrons. The molecule has 1 aromatic carbocycles. The van der Waals surface area contributed by atoms with Crippen molar-refractivity contribution in [1.29, 1.82) is 0 Å². The summed E-state index contributed by atoms with van der Waals surface area (Å²) in [5.41, 5.74) is 0.986. The first-order valence-corrected chi connectivity index (χ1v) is 5.68. The highest BCUT2D eigenvalue weighted by Gasteiger charge is 1.96. The van der Waals surface area contributed by atoms with E-state index in [9.17, 15) is 0 Å². The van der Waals surface area contributed by atoms with Gasteiger partial charge in [0.15, 0.2) is 0 Å². The summed E-state index contributed by atoms with van der Waals surface area (Å²) in [7, 11) is 4.15. The SMILES string of the molecule is CN(C)CCSc1cccc(CO)c1. The molecule has 0 aliphatic heterocycles. The van der Waals surface area contributed by atoms with Crippen LogP contribution in [-0.4, -0.2) is 36.4 Å². The van der Waals surface area contributed by atoms with Crippen LogP contribution in [0.1, 0.15) is 5.56 Å². The van der Waals surface area contributed by atoms with Crippen LogP contribution in [0.5, 0.6) is 0 Å². The Hall–Kier alpha value is -0.510. The Balaban J connectivity index is 2.42. The summed E-state index contributed by atoms with van der Waals surface area (Å²) in [4.78, 5) is 3.40. The first-order chi connectivity index (χ1) is 6.72. The van der Waals surface area contributed by atoms with E-state index in [1.165, 1.54) is 4.90 Å². The van der Waals surface area contributed by atoms with Crippen LogP contribution in [0.25, 0.3) is 0 Å². The molecule has 0 heterocycles. The number of aliphatic hydroxyl groups is 1. The molecule has 0 atom stereocenters. The lowest BCUT2D eigenvalue weighted by Gasteiger charge is -2.08. The highest BCUT2D eigenvalue weighted by molar-refractivity contribution is 7.99. The number of hydrogen-bond acceptors (Lipinski definition) is 3. The van der Waals surface area contributed by atoms with Crippen molar-refractivity contribution >= 4 is 11.8 Å². The number of rotatable bonds is 5. The van der Waals surface area contributed by atoms with Crippen LogP contribution in [0.15, 0.2) is 29.2 Å². The molecule has 14 heavy (non-hydrogen) atoms. The molecule has 1 rings (SSSR count). The summed E-state index contributed by atoms with van der Waals surface area (Å²) < 4.78 is 0. The number of aliphatic hydroxyl groups excluding tert-OH is 1. The molecule has 0 unspecified atom stereocenters. The van der Waals surface area contributed by atoms with Crippen molar-refractivity contribution in [3.8, 4) is 0 Å². The van der Waals surface area contributed by atoms with Crippen molar-refractivity contribution in [2.24, 2.45) is 0 Å². The van der Waals surface area contributed by atoms with E-state index < -0.39 is 0 Å². The summed E-state index contributed by atoms with van der Waals surface area (Å²) in [6.07, 6.45) is 0. The van der Waals surface area contributed by atoms with Crippen LogP contribution in [0.4, 0.5) is 0 Å². The second-order valence-electron chi connectivity index (χ2n) is 3.46. The fourth-order valence-corrected chi connectivity index (χ4v) is 2.18. The molecule has 0 fully saturated rings. The van der Waals surface area contributed by atoms with E-state index in [4.69, 9.17) is 5.11 Å². The first kappa shape index (κ1) is 11.6. The Labute approximate surface area is 89.9 Å². The van der Waals surface area contributed by atoms with Gasteiger partial charge in [-0.25, -0.2) is 0 Å². The predicted molar refractivity (Wildman–Crippen MR) is 61.6 cm³/mol. The van der Waals surface area contributed by atoms with E-state index in [1.54, 1.807) is 0 Å². The minimum Gasteiger partial charge on any atom is -0.392 e. The maximum absolute atomic E-state index is 8.96. The summed E-state index contributed by atoms with van der Waals surface area (Å²) >= 11 is 1.83. The van der Waals surface area contributed by atoms with Gasteiger partial charge in [-0.1, -0.05) is 12.1 Å². The number of hydrogen-bond donors (Lipinski definition) is 1. The fourth-order valence-electron chi connectivity index (χ4n) is 1.08. The molecule has 1 aromatic rings. The number of nitrogens with zero attached hydrogens (tertiary/aromatic N) is 1. The molecule has 2 nitrogen and oxygen atoms in total. The zero-order valence-corrected chi connectivity index (χ0v) is 9.55.